The molecule has 2 aromatic rings. The number of carbonyl (C=O) groups excluding carboxylic acids is 1. The fraction of sp³-hybridized carbons (Fsp3) is 0.300. The second kappa shape index (κ2) is 7.92. The van der Waals surface area contributed by atoms with Gasteiger partial charge in [-0.2, -0.15) is 0 Å². The van der Waals surface area contributed by atoms with Gasteiger partial charge in [0, 0.05) is 25.4 Å². The van der Waals surface area contributed by atoms with Crippen molar-refractivity contribution < 1.29 is 9.18 Å². The van der Waals surface area contributed by atoms with Crippen LogP contribution in [0.25, 0.3) is 11.8 Å². The molecule has 0 N–H and O–H groups in total. The van der Waals surface area contributed by atoms with Gasteiger partial charge < -0.3 is 4.90 Å². The maximum atomic E-state index is 13.2. The van der Waals surface area contributed by atoms with Crippen molar-refractivity contribution in [3.05, 3.63) is 70.4 Å². The third-order valence-electron chi connectivity index (χ3n) is 4.37. The van der Waals surface area contributed by atoms with E-state index in [9.17, 15) is 14.0 Å². The maximum absolute atomic E-state index is 13.2. The van der Waals surface area contributed by atoms with Crippen LogP contribution in [-0.2, 0) is 4.79 Å². The van der Waals surface area contributed by atoms with Crippen LogP contribution in [0.5, 0.6) is 0 Å². The predicted octanol–water partition coefficient (Wildman–Crippen LogP) is 3.39. The second-order valence-corrected chi connectivity index (χ2v) is 6.20. The Labute approximate surface area is 146 Å². The molecule has 4 nitrogen and oxygen atoms in total. The second-order valence-electron chi connectivity index (χ2n) is 6.20. The van der Waals surface area contributed by atoms with Gasteiger partial charge in [-0.15, -0.1) is 0 Å². The highest BCUT2D eigenvalue weighted by Gasteiger charge is 2.21. The Bertz CT molecular complexity index is 816. The molecule has 1 amide bonds. The molecule has 1 saturated heterocycles. The molecule has 1 aliphatic rings. The van der Waals surface area contributed by atoms with Crippen LogP contribution in [0.15, 0.2) is 53.5 Å². The van der Waals surface area contributed by atoms with E-state index in [0.717, 1.165) is 25.7 Å². The molecule has 0 saturated carbocycles. The lowest BCUT2D eigenvalue weighted by atomic mass is 10.1. The van der Waals surface area contributed by atoms with Gasteiger partial charge in [0.15, 0.2) is 0 Å². The van der Waals surface area contributed by atoms with E-state index in [-0.39, 0.29) is 17.3 Å². The third kappa shape index (κ3) is 4.24. The molecule has 0 aliphatic carbocycles. The highest BCUT2D eigenvalue weighted by Crippen LogP contribution is 2.17. The Balaban J connectivity index is 2.02. The highest BCUT2D eigenvalue weighted by atomic mass is 19.1. The quantitative estimate of drug-likeness (QED) is 0.804. The van der Waals surface area contributed by atoms with E-state index in [4.69, 9.17) is 0 Å². The number of hydrogen-bond donors (Lipinski definition) is 0. The van der Waals surface area contributed by atoms with E-state index in [1.54, 1.807) is 36.5 Å². The number of carbonyl (C=O) groups is 1. The zero-order chi connectivity index (χ0) is 17.6. The molecule has 0 radical (unpaired) electrons. The molecule has 1 aromatic carbocycles. The van der Waals surface area contributed by atoms with Gasteiger partial charge >= 0.3 is 0 Å². The highest BCUT2D eigenvalue weighted by molar-refractivity contribution is 6.18. The summed E-state index contributed by atoms with van der Waals surface area (Å²) in [7, 11) is 0. The minimum atomic E-state index is -0.338. The van der Waals surface area contributed by atoms with Gasteiger partial charge in [0.1, 0.15) is 11.5 Å². The Morgan fingerprint density at radius 2 is 1.64 bits per heavy atom. The molecule has 0 spiro atoms. The summed E-state index contributed by atoms with van der Waals surface area (Å²) in [5.41, 5.74) is 0.702. The fourth-order valence-corrected chi connectivity index (χ4v) is 3.01. The van der Waals surface area contributed by atoms with Gasteiger partial charge in [-0.3, -0.25) is 14.2 Å². The molecule has 0 atom stereocenters. The minimum Gasteiger partial charge on any atom is -0.337 e. The summed E-state index contributed by atoms with van der Waals surface area (Å²) in [6.45, 7) is 1.39. The molecule has 5 heteroatoms. The van der Waals surface area contributed by atoms with Crippen LogP contribution in [0.3, 0.4) is 0 Å². The van der Waals surface area contributed by atoms with E-state index >= 15 is 0 Å². The number of nitrogens with zero attached hydrogens (tertiary/aromatic N) is 2. The Hall–Kier alpha value is -2.69. The molecular formula is C20H21FN2O2. The lowest BCUT2D eigenvalue weighted by Crippen LogP contribution is -2.36. The summed E-state index contributed by atoms with van der Waals surface area (Å²) in [6, 6.07) is 10.7. The topological polar surface area (TPSA) is 42.3 Å². The van der Waals surface area contributed by atoms with Crippen LogP contribution in [0.1, 0.15) is 31.2 Å². The van der Waals surface area contributed by atoms with Crippen molar-refractivity contribution in [1.82, 2.24) is 9.47 Å². The molecule has 1 aliphatic heterocycles. The Morgan fingerprint density at radius 1 is 0.960 bits per heavy atom. The summed E-state index contributed by atoms with van der Waals surface area (Å²) in [6.07, 6.45) is 7.41. The molecule has 0 bridgehead atoms. The Morgan fingerprint density at radius 3 is 2.28 bits per heavy atom. The SMILES string of the molecule is O=C(/C(=C\c1ccc(F)cc1)n1ccccc1=O)N1CCCCCC1. The number of halogens is 1. The first-order valence-corrected chi connectivity index (χ1v) is 8.60. The number of pyridine rings is 1. The number of rotatable bonds is 3. The zero-order valence-corrected chi connectivity index (χ0v) is 14.0. The average molecular weight is 340 g/mol. The number of aromatic nitrogens is 1. The van der Waals surface area contributed by atoms with Gasteiger partial charge in [-0.25, -0.2) is 4.39 Å². The standard InChI is InChI=1S/C20H21FN2O2/c21-17-10-8-16(9-11-17)15-18(23-14-6-3-7-19(23)24)20(25)22-12-4-1-2-5-13-22/h3,6-11,14-15H,1-2,4-5,12-13H2/b18-15+. The van der Waals surface area contributed by atoms with Crippen molar-refractivity contribution in [2.45, 2.75) is 25.7 Å². The summed E-state index contributed by atoms with van der Waals surface area (Å²) < 4.78 is 14.5. The van der Waals surface area contributed by atoms with Crippen molar-refractivity contribution in [3.8, 4) is 0 Å². The van der Waals surface area contributed by atoms with Gasteiger partial charge in [0.05, 0.1) is 0 Å². The maximum Gasteiger partial charge on any atom is 0.270 e. The largest absolute Gasteiger partial charge is 0.337 e. The molecule has 0 unspecified atom stereocenters. The normalized spacial score (nSPS) is 15.7. The van der Waals surface area contributed by atoms with Gasteiger partial charge in [-0.1, -0.05) is 31.0 Å². The van der Waals surface area contributed by atoms with Crippen LogP contribution in [0, 0.1) is 5.82 Å². The van der Waals surface area contributed by atoms with E-state index in [1.165, 1.54) is 22.8 Å². The number of benzene rings is 1. The molecule has 130 valence electrons. The van der Waals surface area contributed by atoms with Crippen LogP contribution in [0.4, 0.5) is 4.39 Å². The average Bonchev–Trinajstić information content (AvgIpc) is 2.91. The van der Waals surface area contributed by atoms with Crippen molar-refractivity contribution in [1.29, 1.82) is 0 Å². The van der Waals surface area contributed by atoms with Crippen molar-refractivity contribution in [2.24, 2.45) is 0 Å². The third-order valence-corrected chi connectivity index (χ3v) is 4.37. The van der Waals surface area contributed by atoms with Crippen LogP contribution >= 0.6 is 0 Å². The first kappa shape index (κ1) is 17.1. The van der Waals surface area contributed by atoms with E-state index in [2.05, 4.69) is 0 Å². The summed E-state index contributed by atoms with van der Waals surface area (Å²) >= 11 is 0. The van der Waals surface area contributed by atoms with Crippen molar-refractivity contribution in [3.63, 3.8) is 0 Å². The van der Waals surface area contributed by atoms with Gasteiger partial charge in [-0.05, 0) is 42.7 Å². The predicted molar refractivity (Wildman–Crippen MR) is 96.3 cm³/mol. The van der Waals surface area contributed by atoms with Crippen LogP contribution < -0.4 is 5.56 Å². The fourth-order valence-electron chi connectivity index (χ4n) is 3.01. The number of likely N-dealkylation sites (tertiary alicyclic amines) is 1. The number of amides is 1. The molecular weight excluding hydrogens is 319 g/mol. The monoisotopic (exact) mass is 340 g/mol. The van der Waals surface area contributed by atoms with Crippen LogP contribution in [0.2, 0.25) is 0 Å². The van der Waals surface area contributed by atoms with E-state index < -0.39 is 0 Å². The zero-order valence-electron chi connectivity index (χ0n) is 14.0. The van der Waals surface area contributed by atoms with E-state index in [0.29, 0.717) is 24.4 Å². The lowest BCUT2D eigenvalue weighted by Gasteiger charge is -2.22. The molecule has 25 heavy (non-hydrogen) atoms. The molecule has 3 rings (SSSR count). The van der Waals surface area contributed by atoms with Gasteiger partial charge in [0.2, 0.25) is 0 Å². The Kier molecular flexibility index (Phi) is 5.43. The first-order valence-electron chi connectivity index (χ1n) is 8.60. The minimum absolute atomic E-state index is 0.167. The molecule has 2 heterocycles. The molecule has 1 aromatic heterocycles. The van der Waals surface area contributed by atoms with Crippen molar-refractivity contribution in [2.75, 3.05) is 13.1 Å². The van der Waals surface area contributed by atoms with Crippen molar-refractivity contribution >= 4 is 17.7 Å². The summed E-state index contributed by atoms with van der Waals surface area (Å²) in [5, 5.41) is 0. The van der Waals surface area contributed by atoms with E-state index in [1.807, 2.05) is 4.90 Å². The summed E-state index contributed by atoms with van der Waals surface area (Å²) in [4.78, 5) is 27.2. The smallest absolute Gasteiger partial charge is 0.270 e. The first-order chi connectivity index (χ1) is 12.1. The summed E-state index contributed by atoms with van der Waals surface area (Å²) in [5.74, 6) is -0.506. The number of hydrogen-bond acceptors (Lipinski definition) is 2. The van der Waals surface area contributed by atoms with Crippen LogP contribution in [-0.4, -0.2) is 28.5 Å². The molecule has 1 fully saturated rings. The lowest BCUT2D eigenvalue weighted by molar-refractivity contribution is -0.125. The van der Waals surface area contributed by atoms with Gasteiger partial charge in [0.25, 0.3) is 11.5 Å².